The number of nitrogens with zero attached hydrogens (tertiary/aromatic N) is 3. The molecule has 0 saturated carbocycles. The van der Waals surface area contributed by atoms with Crippen LogP contribution in [0.4, 0.5) is 4.39 Å². The summed E-state index contributed by atoms with van der Waals surface area (Å²) < 4.78 is 16.3. The summed E-state index contributed by atoms with van der Waals surface area (Å²) in [7, 11) is 0. The van der Waals surface area contributed by atoms with Crippen molar-refractivity contribution in [2.45, 2.75) is 12.3 Å². The Morgan fingerprint density at radius 2 is 1.92 bits per heavy atom. The highest BCUT2D eigenvalue weighted by Gasteiger charge is 2.22. The van der Waals surface area contributed by atoms with Gasteiger partial charge in [-0.15, -0.1) is 21.8 Å². The van der Waals surface area contributed by atoms with Gasteiger partial charge in [0.2, 0.25) is 0 Å². The van der Waals surface area contributed by atoms with Gasteiger partial charge < -0.3 is 0 Å². The lowest BCUT2D eigenvalue weighted by Gasteiger charge is -2.15. The Bertz CT molecular complexity index is 963. The van der Waals surface area contributed by atoms with Crippen LogP contribution in [0.2, 0.25) is 5.02 Å². The van der Waals surface area contributed by atoms with Gasteiger partial charge in [0.15, 0.2) is 5.82 Å². The topological polar surface area (TPSA) is 30.7 Å². The highest BCUT2D eigenvalue weighted by molar-refractivity contribution is 6.30. The second kappa shape index (κ2) is 6.04. The molecule has 0 radical (unpaired) electrons. The quantitative estimate of drug-likeness (QED) is 0.616. The van der Waals surface area contributed by atoms with E-state index in [-0.39, 0.29) is 11.7 Å². The largest absolute Gasteiger partial charge is 0.281 e. The first-order valence-electron chi connectivity index (χ1n) is 7.43. The summed E-state index contributed by atoms with van der Waals surface area (Å²) in [4.78, 5) is 0. The molecule has 0 unspecified atom stereocenters. The monoisotopic (exact) mass is 359 g/mol. The number of benzene rings is 2. The maximum Gasteiger partial charge on any atom is 0.152 e. The average Bonchev–Trinajstić information content (AvgIpc) is 2.93. The third-order valence-electron chi connectivity index (χ3n) is 4.06. The zero-order valence-corrected chi connectivity index (χ0v) is 14.0. The fourth-order valence-electron chi connectivity index (χ4n) is 3.01. The van der Waals surface area contributed by atoms with E-state index in [9.17, 15) is 4.39 Å². The zero-order valence-electron chi connectivity index (χ0n) is 12.5. The summed E-state index contributed by atoms with van der Waals surface area (Å²) in [5, 5.41) is 8.94. The van der Waals surface area contributed by atoms with Gasteiger partial charge in [-0.2, -0.15) is 0 Å². The Hall–Kier alpha value is -2.17. The van der Waals surface area contributed by atoms with E-state index in [0.29, 0.717) is 22.8 Å². The summed E-state index contributed by atoms with van der Waals surface area (Å²) in [6.45, 7) is 0. The molecule has 0 N–H and O–H groups in total. The van der Waals surface area contributed by atoms with Crippen LogP contribution in [-0.4, -0.2) is 14.8 Å². The molecule has 0 atom stereocenters. The highest BCUT2D eigenvalue weighted by atomic mass is 35.5. The maximum atomic E-state index is 14.4. The Morgan fingerprint density at radius 1 is 1.08 bits per heavy atom. The van der Waals surface area contributed by atoms with Crippen LogP contribution in [-0.2, 0) is 12.3 Å². The summed E-state index contributed by atoms with van der Waals surface area (Å²) in [6, 6.07) is 12.2. The van der Waals surface area contributed by atoms with Gasteiger partial charge in [0, 0.05) is 22.6 Å². The molecule has 0 fully saturated rings. The number of allylic oxidation sites excluding steroid dienone is 1. The third kappa shape index (κ3) is 2.43. The Morgan fingerprint density at radius 3 is 2.71 bits per heavy atom. The van der Waals surface area contributed by atoms with Gasteiger partial charge in [0.1, 0.15) is 11.6 Å². The van der Waals surface area contributed by atoms with E-state index in [2.05, 4.69) is 10.2 Å². The standard InChI is InChI=1S/C18H12Cl2FN3/c19-10-18-23-22-17-8-6-12(13-3-1-2-4-15(13)21)14-9-11(20)5-7-16(14)24(17)18/h1-7,9H,8,10H2. The van der Waals surface area contributed by atoms with Crippen LogP contribution in [0.1, 0.15) is 22.8 Å². The lowest BCUT2D eigenvalue weighted by molar-refractivity contribution is 0.624. The molecule has 1 aromatic heterocycles. The van der Waals surface area contributed by atoms with Crippen LogP contribution in [0.5, 0.6) is 0 Å². The Balaban J connectivity index is 2.01. The smallest absolute Gasteiger partial charge is 0.152 e. The molecule has 0 amide bonds. The lowest BCUT2D eigenvalue weighted by atomic mass is 9.95. The van der Waals surface area contributed by atoms with Crippen molar-refractivity contribution < 1.29 is 4.39 Å². The van der Waals surface area contributed by atoms with Crippen LogP contribution < -0.4 is 0 Å². The maximum absolute atomic E-state index is 14.4. The van der Waals surface area contributed by atoms with E-state index in [0.717, 1.165) is 22.6 Å². The minimum Gasteiger partial charge on any atom is -0.281 e. The molecule has 1 aliphatic rings. The van der Waals surface area contributed by atoms with Crippen molar-refractivity contribution in [3.8, 4) is 5.69 Å². The van der Waals surface area contributed by atoms with E-state index >= 15 is 0 Å². The minimum absolute atomic E-state index is 0.240. The normalized spacial score (nSPS) is 13.0. The van der Waals surface area contributed by atoms with Crippen molar-refractivity contribution in [1.29, 1.82) is 0 Å². The number of rotatable bonds is 2. The van der Waals surface area contributed by atoms with Crippen molar-refractivity contribution in [2.75, 3.05) is 0 Å². The molecule has 0 saturated heterocycles. The first-order chi connectivity index (χ1) is 11.7. The number of alkyl halides is 1. The highest BCUT2D eigenvalue weighted by Crippen LogP contribution is 2.35. The number of fused-ring (bicyclic) bond motifs is 3. The van der Waals surface area contributed by atoms with E-state index < -0.39 is 0 Å². The van der Waals surface area contributed by atoms with Gasteiger partial charge in [-0.3, -0.25) is 4.57 Å². The van der Waals surface area contributed by atoms with Crippen molar-refractivity contribution in [2.24, 2.45) is 0 Å². The number of halogens is 3. The Labute approximate surface area is 148 Å². The van der Waals surface area contributed by atoms with E-state index in [1.807, 2.05) is 28.8 Å². The average molecular weight is 360 g/mol. The molecule has 6 heteroatoms. The van der Waals surface area contributed by atoms with E-state index in [4.69, 9.17) is 23.2 Å². The molecular weight excluding hydrogens is 348 g/mol. The van der Waals surface area contributed by atoms with E-state index in [1.165, 1.54) is 6.07 Å². The lowest BCUT2D eigenvalue weighted by Crippen LogP contribution is -2.05. The second-order valence-corrected chi connectivity index (χ2v) is 6.17. The van der Waals surface area contributed by atoms with Gasteiger partial charge >= 0.3 is 0 Å². The van der Waals surface area contributed by atoms with Crippen molar-refractivity contribution >= 4 is 28.8 Å². The molecule has 4 rings (SSSR count). The molecule has 0 spiro atoms. The fourth-order valence-corrected chi connectivity index (χ4v) is 3.35. The van der Waals surface area contributed by atoms with Crippen molar-refractivity contribution in [1.82, 2.24) is 14.8 Å². The van der Waals surface area contributed by atoms with Gasteiger partial charge in [0.05, 0.1) is 11.6 Å². The minimum atomic E-state index is -0.273. The number of aromatic nitrogens is 3. The number of hydrogen-bond acceptors (Lipinski definition) is 2. The second-order valence-electron chi connectivity index (χ2n) is 5.46. The predicted molar refractivity (Wildman–Crippen MR) is 93.1 cm³/mol. The van der Waals surface area contributed by atoms with E-state index in [1.54, 1.807) is 18.2 Å². The zero-order chi connectivity index (χ0) is 16.7. The number of hydrogen-bond donors (Lipinski definition) is 0. The molecule has 1 aliphatic heterocycles. The van der Waals surface area contributed by atoms with Gasteiger partial charge in [-0.25, -0.2) is 4.39 Å². The van der Waals surface area contributed by atoms with Crippen molar-refractivity contribution in [3.05, 3.63) is 82.2 Å². The van der Waals surface area contributed by atoms with Crippen molar-refractivity contribution in [3.63, 3.8) is 0 Å². The van der Waals surface area contributed by atoms with Crippen LogP contribution >= 0.6 is 23.2 Å². The molecule has 2 aromatic carbocycles. The molecule has 0 aliphatic carbocycles. The molecular formula is C18H12Cl2FN3. The molecule has 120 valence electrons. The van der Waals surface area contributed by atoms with Gasteiger partial charge in [0.25, 0.3) is 0 Å². The predicted octanol–water partition coefficient (Wildman–Crippen LogP) is 4.79. The van der Waals surface area contributed by atoms with Crippen LogP contribution in [0.15, 0.2) is 48.5 Å². The van der Waals surface area contributed by atoms with Crippen LogP contribution in [0, 0.1) is 5.82 Å². The van der Waals surface area contributed by atoms with Crippen LogP contribution in [0.25, 0.3) is 11.3 Å². The summed E-state index contributed by atoms with van der Waals surface area (Å²) in [5.74, 6) is 1.38. The summed E-state index contributed by atoms with van der Waals surface area (Å²) >= 11 is 12.2. The third-order valence-corrected chi connectivity index (χ3v) is 4.53. The van der Waals surface area contributed by atoms with Gasteiger partial charge in [-0.05, 0) is 29.8 Å². The first-order valence-corrected chi connectivity index (χ1v) is 8.35. The van der Waals surface area contributed by atoms with Crippen LogP contribution in [0.3, 0.4) is 0 Å². The first kappa shape index (κ1) is 15.4. The summed E-state index contributed by atoms with van der Waals surface area (Å²) in [6.07, 6.45) is 2.49. The molecule has 24 heavy (non-hydrogen) atoms. The molecule has 2 heterocycles. The molecule has 3 aromatic rings. The van der Waals surface area contributed by atoms with Gasteiger partial charge in [-0.1, -0.05) is 35.9 Å². The molecule has 0 bridgehead atoms. The Kier molecular flexibility index (Phi) is 3.87. The summed E-state index contributed by atoms with van der Waals surface area (Å²) in [5.41, 5.74) is 3.00. The SMILES string of the molecule is Fc1ccccc1C1=CCc2nnc(CCl)n2-c2ccc(Cl)cc21. The molecule has 3 nitrogen and oxygen atoms in total. The fraction of sp³-hybridized carbons (Fsp3) is 0.111.